The first kappa shape index (κ1) is 17.3. The number of hydrogen-bond acceptors (Lipinski definition) is 2. The molecule has 0 saturated carbocycles. The molecule has 116 valence electrons. The van der Waals surface area contributed by atoms with Crippen LogP contribution < -0.4 is 11.1 Å². The van der Waals surface area contributed by atoms with E-state index in [1.807, 2.05) is 0 Å². The van der Waals surface area contributed by atoms with Gasteiger partial charge in [-0.3, -0.25) is 10.1 Å². The molecule has 21 heavy (non-hydrogen) atoms. The normalized spacial score (nSPS) is 13.2. The van der Waals surface area contributed by atoms with Gasteiger partial charge >= 0.3 is 6.18 Å². The van der Waals surface area contributed by atoms with Crippen LogP contribution in [0.25, 0.3) is 0 Å². The Morgan fingerprint density at radius 3 is 2.24 bits per heavy atom. The molecular weight excluding hydrogens is 307 g/mol. The van der Waals surface area contributed by atoms with Crippen molar-refractivity contribution in [2.45, 2.75) is 32.4 Å². The van der Waals surface area contributed by atoms with Gasteiger partial charge in [0.2, 0.25) is 5.96 Å². The first-order valence-electron chi connectivity index (χ1n) is 5.94. The van der Waals surface area contributed by atoms with Gasteiger partial charge in [-0.1, -0.05) is 26.8 Å². The summed E-state index contributed by atoms with van der Waals surface area (Å²) in [4.78, 5) is 11.8. The Kier molecular flexibility index (Phi) is 4.88. The smallest absolute Gasteiger partial charge is 0.369 e. The lowest BCUT2D eigenvalue weighted by Gasteiger charge is -2.24. The highest BCUT2D eigenvalue weighted by Crippen LogP contribution is 2.37. The third-order valence-corrected chi connectivity index (χ3v) is 2.91. The van der Waals surface area contributed by atoms with Crippen LogP contribution in [0.1, 0.15) is 42.3 Å². The summed E-state index contributed by atoms with van der Waals surface area (Å²) in [5.41, 5.74) is 3.55. The molecule has 0 aliphatic rings. The van der Waals surface area contributed by atoms with Crippen molar-refractivity contribution in [3.63, 3.8) is 0 Å². The molecule has 0 saturated heterocycles. The van der Waals surface area contributed by atoms with Crippen molar-refractivity contribution in [3.05, 3.63) is 34.9 Å². The van der Waals surface area contributed by atoms with Gasteiger partial charge in [0.05, 0.1) is 5.56 Å². The van der Waals surface area contributed by atoms with Gasteiger partial charge in [-0.15, -0.1) is 4.51 Å². The molecule has 1 aromatic carbocycles. The van der Waals surface area contributed by atoms with E-state index in [1.54, 1.807) is 20.8 Å². The van der Waals surface area contributed by atoms with Crippen molar-refractivity contribution in [2.24, 2.45) is 10.2 Å². The quantitative estimate of drug-likeness (QED) is 0.616. The Labute approximate surface area is 125 Å². The maximum absolute atomic E-state index is 13.1. The highest BCUT2D eigenvalue weighted by atomic mass is 35.5. The topological polar surface area (TPSA) is 67.5 Å². The molecule has 0 radical (unpaired) electrons. The molecule has 4 nitrogen and oxygen atoms in total. The summed E-state index contributed by atoms with van der Waals surface area (Å²) in [7, 11) is 0. The molecule has 0 aromatic heterocycles. The minimum Gasteiger partial charge on any atom is -0.369 e. The molecule has 0 spiro atoms. The van der Waals surface area contributed by atoms with Crippen LogP contribution >= 0.6 is 11.8 Å². The zero-order valence-corrected chi connectivity index (χ0v) is 12.4. The molecule has 0 unspecified atom stereocenters. The van der Waals surface area contributed by atoms with E-state index in [0.717, 1.165) is 6.07 Å². The highest BCUT2D eigenvalue weighted by molar-refractivity contribution is 6.21. The lowest BCUT2D eigenvalue weighted by atomic mass is 9.83. The Bertz CT molecular complexity index is 577. The van der Waals surface area contributed by atoms with Gasteiger partial charge in [-0.05, 0) is 23.1 Å². The van der Waals surface area contributed by atoms with E-state index in [-0.39, 0.29) is 11.1 Å². The van der Waals surface area contributed by atoms with Crippen molar-refractivity contribution in [1.82, 2.24) is 5.32 Å². The van der Waals surface area contributed by atoms with Gasteiger partial charge in [0.25, 0.3) is 5.91 Å². The third kappa shape index (κ3) is 4.35. The van der Waals surface area contributed by atoms with Gasteiger partial charge in [0.1, 0.15) is 0 Å². The number of nitrogens with zero attached hydrogens (tertiary/aromatic N) is 1. The van der Waals surface area contributed by atoms with E-state index in [1.165, 1.54) is 12.1 Å². The van der Waals surface area contributed by atoms with Crippen LogP contribution in [0.4, 0.5) is 13.2 Å². The van der Waals surface area contributed by atoms with E-state index >= 15 is 0 Å². The maximum atomic E-state index is 13.1. The van der Waals surface area contributed by atoms with Crippen LogP contribution in [0.15, 0.2) is 22.7 Å². The number of alkyl halides is 3. The second kappa shape index (κ2) is 5.93. The number of amides is 1. The van der Waals surface area contributed by atoms with Crippen LogP contribution in [0, 0.1) is 0 Å². The predicted molar refractivity (Wildman–Crippen MR) is 75.1 cm³/mol. The van der Waals surface area contributed by atoms with E-state index in [9.17, 15) is 18.0 Å². The first-order chi connectivity index (χ1) is 9.46. The second-order valence-corrected chi connectivity index (χ2v) is 5.60. The van der Waals surface area contributed by atoms with Crippen LogP contribution in [-0.2, 0) is 11.6 Å². The van der Waals surface area contributed by atoms with Crippen molar-refractivity contribution in [2.75, 3.05) is 0 Å². The molecule has 1 aromatic rings. The average Bonchev–Trinajstić information content (AvgIpc) is 2.35. The second-order valence-electron chi connectivity index (χ2n) is 5.43. The number of carbonyl (C=O) groups excluding carboxylic acids is 1. The van der Waals surface area contributed by atoms with E-state index in [0.29, 0.717) is 0 Å². The monoisotopic (exact) mass is 321 g/mol. The van der Waals surface area contributed by atoms with Gasteiger partial charge in [-0.2, -0.15) is 13.2 Å². The van der Waals surface area contributed by atoms with Gasteiger partial charge in [-0.25, -0.2) is 0 Å². The molecule has 0 aliphatic carbocycles. The molecule has 0 atom stereocenters. The summed E-state index contributed by atoms with van der Waals surface area (Å²) in [6.45, 7) is 4.99. The fourth-order valence-electron chi connectivity index (χ4n) is 1.78. The molecular formula is C13H15ClF3N3O. The SMILES string of the molecule is CC(C)(C)c1ccc(C(=O)NC(N)=NCl)cc1C(F)(F)F. The van der Waals surface area contributed by atoms with Gasteiger partial charge < -0.3 is 5.73 Å². The predicted octanol–water partition coefficient (Wildman–Crippen LogP) is 3.20. The average molecular weight is 322 g/mol. The van der Waals surface area contributed by atoms with Crippen molar-refractivity contribution >= 4 is 23.6 Å². The van der Waals surface area contributed by atoms with Crippen LogP contribution in [0.5, 0.6) is 0 Å². The number of guanidine groups is 1. The summed E-state index contributed by atoms with van der Waals surface area (Å²) in [6, 6.07) is 3.37. The van der Waals surface area contributed by atoms with Crippen molar-refractivity contribution in [1.29, 1.82) is 0 Å². The number of hydrogen-bond donors (Lipinski definition) is 2. The van der Waals surface area contributed by atoms with Crippen molar-refractivity contribution in [3.8, 4) is 0 Å². The number of halogens is 4. The molecule has 0 fully saturated rings. The van der Waals surface area contributed by atoms with Crippen LogP contribution in [0.2, 0.25) is 0 Å². The molecule has 0 aliphatic heterocycles. The van der Waals surface area contributed by atoms with E-state index in [4.69, 9.17) is 17.5 Å². The summed E-state index contributed by atoms with van der Waals surface area (Å²) < 4.78 is 42.4. The fourth-order valence-corrected chi connectivity index (χ4v) is 1.83. The van der Waals surface area contributed by atoms with Gasteiger partial charge in [0.15, 0.2) is 0 Å². The minimum absolute atomic E-state index is 0.102. The lowest BCUT2D eigenvalue weighted by molar-refractivity contribution is -0.138. The standard InChI is InChI=1S/C13H15ClF3N3O/c1-12(2,3)8-5-4-7(6-9(8)13(15,16)17)10(21)19-11(18)20-14/h4-6H,1-3H3,(H3,18,19,20,21). The Balaban J connectivity index is 3.32. The highest BCUT2D eigenvalue weighted by Gasteiger charge is 2.37. The summed E-state index contributed by atoms with van der Waals surface area (Å²) >= 11 is 5.04. The van der Waals surface area contributed by atoms with E-state index in [2.05, 4.69) is 9.83 Å². The van der Waals surface area contributed by atoms with Crippen molar-refractivity contribution < 1.29 is 18.0 Å². The zero-order chi connectivity index (χ0) is 16.4. The zero-order valence-electron chi connectivity index (χ0n) is 11.7. The number of carbonyl (C=O) groups is 1. The number of nitrogens with two attached hydrogens (primary N) is 1. The van der Waals surface area contributed by atoms with Crippen LogP contribution in [-0.4, -0.2) is 11.9 Å². The fraction of sp³-hybridized carbons (Fsp3) is 0.385. The molecule has 8 heteroatoms. The largest absolute Gasteiger partial charge is 0.416 e. The number of benzene rings is 1. The van der Waals surface area contributed by atoms with Gasteiger partial charge in [0, 0.05) is 17.3 Å². The minimum atomic E-state index is -4.56. The Morgan fingerprint density at radius 1 is 1.24 bits per heavy atom. The van der Waals surface area contributed by atoms with E-state index < -0.39 is 29.0 Å². The maximum Gasteiger partial charge on any atom is 0.416 e. The molecule has 1 rings (SSSR count). The number of nitrogens with one attached hydrogen (secondary N) is 1. The Hall–Kier alpha value is -1.76. The molecule has 0 bridgehead atoms. The molecule has 0 heterocycles. The number of rotatable bonds is 1. The third-order valence-electron chi connectivity index (χ3n) is 2.73. The lowest BCUT2D eigenvalue weighted by Crippen LogP contribution is -2.36. The van der Waals surface area contributed by atoms with Crippen LogP contribution in [0.3, 0.4) is 0 Å². The first-order valence-corrected chi connectivity index (χ1v) is 6.28. The summed E-state index contributed by atoms with van der Waals surface area (Å²) in [5, 5.41) is 2.07. The molecule has 1 amide bonds. The Morgan fingerprint density at radius 2 is 1.81 bits per heavy atom. The summed E-state index contributed by atoms with van der Waals surface area (Å²) in [6.07, 6.45) is -4.56. The summed E-state index contributed by atoms with van der Waals surface area (Å²) in [5.74, 6) is -1.21. The molecule has 3 N–H and O–H groups in total.